The van der Waals surface area contributed by atoms with Gasteiger partial charge in [0.15, 0.2) is 0 Å². The number of benzene rings is 2. The Morgan fingerprint density at radius 1 is 1.05 bits per heavy atom. The second kappa shape index (κ2) is 5.45. The maximum atomic E-state index is 6.03. The van der Waals surface area contributed by atoms with E-state index in [-0.39, 0.29) is 0 Å². The molecule has 0 saturated carbocycles. The van der Waals surface area contributed by atoms with Crippen LogP contribution in [0.3, 0.4) is 0 Å². The van der Waals surface area contributed by atoms with Crippen LogP contribution in [0.1, 0.15) is 29.9 Å². The Morgan fingerprint density at radius 3 is 2.68 bits per heavy atom. The second-order valence-corrected chi connectivity index (χ2v) is 5.06. The molecule has 3 rings (SSSR count). The molecule has 0 spiro atoms. The Hall–Kier alpha value is -1.80. The number of rotatable bonds is 3. The van der Waals surface area contributed by atoms with Crippen molar-refractivity contribution in [3.8, 4) is 11.5 Å². The van der Waals surface area contributed by atoms with Gasteiger partial charge in [-0.25, -0.2) is 0 Å². The molecule has 0 heterocycles. The second-order valence-electron chi connectivity index (χ2n) is 5.06. The summed E-state index contributed by atoms with van der Waals surface area (Å²) in [5.74, 6) is 2.37. The third-order valence-corrected chi connectivity index (χ3v) is 3.84. The molecule has 1 aliphatic rings. The quantitative estimate of drug-likeness (QED) is 0.901. The molecule has 2 aromatic carbocycles. The SMILES string of the molecule is NCC1CCCc2c(Oc3ccccc3)cccc21. The van der Waals surface area contributed by atoms with Crippen LogP contribution in [0.25, 0.3) is 0 Å². The first-order valence-electron chi connectivity index (χ1n) is 6.93. The van der Waals surface area contributed by atoms with E-state index in [1.807, 2.05) is 30.3 Å². The third-order valence-electron chi connectivity index (χ3n) is 3.84. The average molecular weight is 253 g/mol. The minimum absolute atomic E-state index is 0.489. The fourth-order valence-corrected chi connectivity index (χ4v) is 2.87. The van der Waals surface area contributed by atoms with Gasteiger partial charge in [-0.15, -0.1) is 0 Å². The molecule has 0 bridgehead atoms. The van der Waals surface area contributed by atoms with Crippen LogP contribution in [0.4, 0.5) is 0 Å². The highest BCUT2D eigenvalue weighted by Gasteiger charge is 2.21. The number of nitrogens with two attached hydrogens (primary N) is 1. The van der Waals surface area contributed by atoms with Gasteiger partial charge < -0.3 is 10.5 Å². The fraction of sp³-hybridized carbons (Fsp3) is 0.294. The van der Waals surface area contributed by atoms with Crippen molar-refractivity contribution < 1.29 is 4.74 Å². The molecule has 2 nitrogen and oxygen atoms in total. The van der Waals surface area contributed by atoms with Crippen molar-refractivity contribution in [2.45, 2.75) is 25.2 Å². The van der Waals surface area contributed by atoms with E-state index in [4.69, 9.17) is 10.5 Å². The molecule has 2 aromatic rings. The smallest absolute Gasteiger partial charge is 0.130 e. The van der Waals surface area contributed by atoms with Crippen LogP contribution >= 0.6 is 0 Å². The minimum atomic E-state index is 0.489. The zero-order chi connectivity index (χ0) is 13.1. The first-order chi connectivity index (χ1) is 9.38. The molecular formula is C17H19NO. The average Bonchev–Trinajstić information content (AvgIpc) is 2.48. The van der Waals surface area contributed by atoms with E-state index in [2.05, 4.69) is 18.2 Å². The van der Waals surface area contributed by atoms with Crippen molar-refractivity contribution in [2.75, 3.05) is 6.54 Å². The van der Waals surface area contributed by atoms with E-state index >= 15 is 0 Å². The Balaban J connectivity index is 1.95. The van der Waals surface area contributed by atoms with Crippen molar-refractivity contribution >= 4 is 0 Å². The van der Waals surface area contributed by atoms with Gasteiger partial charge in [0.2, 0.25) is 0 Å². The Kier molecular flexibility index (Phi) is 3.51. The molecule has 2 N–H and O–H groups in total. The Labute approximate surface area is 114 Å². The Bertz CT molecular complexity index is 550. The van der Waals surface area contributed by atoms with Gasteiger partial charge in [0.05, 0.1) is 0 Å². The van der Waals surface area contributed by atoms with Gasteiger partial charge in [0.1, 0.15) is 11.5 Å². The van der Waals surface area contributed by atoms with Crippen molar-refractivity contribution in [1.29, 1.82) is 0 Å². The van der Waals surface area contributed by atoms with Crippen molar-refractivity contribution in [1.82, 2.24) is 0 Å². The van der Waals surface area contributed by atoms with Crippen LogP contribution in [0, 0.1) is 0 Å². The van der Waals surface area contributed by atoms with Gasteiger partial charge in [-0.3, -0.25) is 0 Å². The van der Waals surface area contributed by atoms with Gasteiger partial charge in [0.25, 0.3) is 0 Å². The molecule has 1 unspecified atom stereocenters. The van der Waals surface area contributed by atoms with Crippen LogP contribution in [-0.4, -0.2) is 6.54 Å². The predicted octanol–water partition coefficient (Wildman–Crippen LogP) is 3.86. The van der Waals surface area contributed by atoms with Crippen molar-refractivity contribution in [3.63, 3.8) is 0 Å². The molecule has 0 radical (unpaired) electrons. The summed E-state index contributed by atoms with van der Waals surface area (Å²) in [6.45, 7) is 0.724. The number of fused-ring (bicyclic) bond motifs is 1. The zero-order valence-corrected chi connectivity index (χ0v) is 11.0. The van der Waals surface area contributed by atoms with E-state index in [1.165, 1.54) is 24.0 Å². The molecule has 0 saturated heterocycles. The molecule has 1 aliphatic carbocycles. The molecule has 0 fully saturated rings. The van der Waals surface area contributed by atoms with Crippen LogP contribution in [-0.2, 0) is 6.42 Å². The highest BCUT2D eigenvalue weighted by molar-refractivity contribution is 5.45. The maximum Gasteiger partial charge on any atom is 0.130 e. The first-order valence-corrected chi connectivity index (χ1v) is 6.93. The third kappa shape index (κ3) is 2.49. The van der Waals surface area contributed by atoms with Crippen molar-refractivity contribution in [3.05, 3.63) is 59.7 Å². The van der Waals surface area contributed by atoms with Gasteiger partial charge >= 0.3 is 0 Å². The van der Waals surface area contributed by atoms with Crippen LogP contribution in [0.5, 0.6) is 11.5 Å². The van der Waals surface area contributed by atoms with Crippen LogP contribution in [0.15, 0.2) is 48.5 Å². The number of ether oxygens (including phenoxy) is 1. The summed E-state index contributed by atoms with van der Waals surface area (Å²) in [5, 5.41) is 0. The van der Waals surface area contributed by atoms with Gasteiger partial charge in [-0.05, 0) is 61.1 Å². The topological polar surface area (TPSA) is 35.2 Å². The lowest BCUT2D eigenvalue weighted by Crippen LogP contribution is -2.18. The highest BCUT2D eigenvalue weighted by atomic mass is 16.5. The summed E-state index contributed by atoms with van der Waals surface area (Å²) in [6.07, 6.45) is 3.48. The van der Waals surface area contributed by atoms with Crippen LogP contribution in [0.2, 0.25) is 0 Å². The maximum absolute atomic E-state index is 6.03. The largest absolute Gasteiger partial charge is 0.457 e. The van der Waals surface area contributed by atoms with Crippen molar-refractivity contribution in [2.24, 2.45) is 5.73 Å². The molecule has 98 valence electrons. The highest BCUT2D eigenvalue weighted by Crippen LogP contribution is 2.37. The summed E-state index contributed by atoms with van der Waals surface area (Å²) in [7, 11) is 0. The van der Waals surface area contributed by atoms with Gasteiger partial charge in [-0.2, -0.15) is 0 Å². The van der Waals surface area contributed by atoms with E-state index in [1.54, 1.807) is 0 Å². The molecule has 0 amide bonds. The summed E-state index contributed by atoms with van der Waals surface area (Å²) in [4.78, 5) is 0. The lowest BCUT2D eigenvalue weighted by molar-refractivity contribution is 0.462. The monoisotopic (exact) mass is 253 g/mol. The lowest BCUT2D eigenvalue weighted by Gasteiger charge is -2.26. The summed E-state index contributed by atoms with van der Waals surface area (Å²) in [5.41, 5.74) is 8.60. The predicted molar refractivity (Wildman–Crippen MR) is 77.7 cm³/mol. The van der Waals surface area contributed by atoms with E-state index in [0.717, 1.165) is 24.5 Å². The normalized spacial score (nSPS) is 17.8. The van der Waals surface area contributed by atoms with E-state index in [9.17, 15) is 0 Å². The molecule has 0 aromatic heterocycles. The van der Waals surface area contributed by atoms with Crippen LogP contribution < -0.4 is 10.5 Å². The molecular weight excluding hydrogens is 234 g/mol. The zero-order valence-electron chi connectivity index (χ0n) is 11.0. The van der Waals surface area contributed by atoms with E-state index < -0.39 is 0 Å². The number of hydrogen-bond acceptors (Lipinski definition) is 2. The molecule has 1 atom stereocenters. The number of para-hydroxylation sites is 1. The minimum Gasteiger partial charge on any atom is -0.457 e. The molecule has 2 heteroatoms. The lowest BCUT2D eigenvalue weighted by atomic mass is 9.82. The molecule has 0 aliphatic heterocycles. The number of hydrogen-bond donors (Lipinski definition) is 1. The van der Waals surface area contributed by atoms with Gasteiger partial charge in [0, 0.05) is 0 Å². The summed E-state index contributed by atoms with van der Waals surface area (Å²) >= 11 is 0. The van der Waals surface area contributed by atoms with E-state index in [0.29, 0.717) is 5.92 Å². The van der Waals surface area contributed by atoms with Gasteiger partial charge in [-0.1, -0.05) is 30.3 Å². The first kappa shape index (κ1) is 12.2. The fourth-order valence-electron chi connectivity index (χ4n) is 2.87. The Morgan fingerprint density at radius 2 is 1.89 bits per heavy atom. The molecule has 19 heavy (non-hydrogen) atoms. The summed E-state index contributed by atoms with van der Waals surface area (Å²) in [6, 6.07) is 16.3. The summed E-state index contributed by atoms with van der Waals surface area (Å²) < 4.78 is 6.03. The standard InChI is InChI=1S/C17H19NO/c18-12-13-6-4-10-16-15(13)9-5-11-17(16)19-14-7-2-1-3-8-14/h1-3,5,7-9,11,13H,4,6,10,12,18H2.